The van der Waals surface area contributed by atoms with Crippen molar-refractivity contribution < 1.29 is 14.1 Å². The van der Waals surface area contributed by atoms with E-state index in [-0.39, 0.29) is 12.5 Å². The van der Waals surface area contributed by atoms with E-state index in [0.29, 0.717) is 24.1 Å². The van der Waals surface area contributed by atoms with E-state index in [2.05, 4.69) is 20.4 Å². The molecular weight excluding hydrogens is 394 g/mol. The van der Waals surface area contributed by atoms with Crippen molar-refractivity contribution in [1.29, 1.82) is 0 Å². The summed E-state index contributed by atoms with van der Waals surface area (Å²) in [6.45, 7) is 4.48. The predicted octanol–water partition coefficient (Wildman–Crippen LogP) is 3.61. The first-order chi connectivity index (χ1) is 15.1. The van der Waals surface area contributed by atoms with Crippen LogP contribution in [0.3, 0.4) is 0 Å². The Morgan fingerprint density at radius 2 is 2.06 bits per heavy atom. The highest BCUT2D eigenvalue weighted by molar-refractivity contribution is 5.77. The highest BCUT2D eigenvalue weighted by Gasteiger charge is 2.27. The molecule has 3 aromatic heterocycles. The first-order valence-corrected chi connectivity index (χ1v) is 10.6. The number of hydrogen-bond acceptors (Lipinski definition) is 7. The van der Waals surface area contributed by atoms with Gasteiger partial charge in [0.2, 0.25) is 0 Å². The molecule has 31 heavy (non-hydrogen) atoms. The van der Waals surface area contributed by atoms with Gasteiger partial charge in [-0.05, 0) is 57.6 Å². The molecule has 8 heteroatoms. The summed E-state index contributed by atoms with van der Waals surface area (Å²) in [6.07, 6.45) is 9.21. The molecule has 1 saturated carbocycles. The maximum absolute atomic E-state index is 12.1. The van der Waals surface area contributed by atoms with E-state index in [0.717, 1.165) is 54.2 Å². The third-order valence-corrected chi connectivity index (χ3v) is 5.66. The van der Waals surface area contributed by atoms with Crippen LogP contribution in [0.5, 0.6) is 5.75 Å². The fraction of sp³-hybridized carbons (Fsp3) is 0.435. The molecule has 0 aliphatic heterocycles. The highest BCUT2D eigenvalue weighted by Crippen LogP contribution is 2.38. The van der Waals surface area contributed by atoms with Crippen LogP contribution in [0.1, 0.15) is 48.8 Å². The molecule has 1 fully saturated rings. The van der Waals surface area contributed by atoms with Crippen molar-refractivity contribution in [1.82, 2.24) is 25.4 Å². The van der Waals surface area contributed by atoms with Crippen LogP contribution < -0.4 is 10.1 Å². The van der Waals surface area contributed by atoms with Gasteiger partial charge in [0.1, 0.15) is 11.6 Å². The van der Waals surface area contributed by atoms with Gasteiger partial charge in [0, 0.05) is 30.9 Å². The molecule has 1 aliphatic rings. The fourth-order valence-electron chi connectivity index (χ4n) is 4.01. The molecule has 4 rings (SSSR count). The standard InChI is InChI=1S/C23H27N5O3/c1-15-10-21(31-28-15)20-13-25-16(2)27-23(20)18-7-5-17(6-8-18)11-26-22(29)14-30-19-4-3-9-24-12-19/h3-4,9-10,12-13,17-18H,5-8,11,14H2,1-2H3,(H,26,29). The smallest absolute Gasteiger partial charge is 0.257 e. The van der Waals surface area contributed by atoms with Gasteiger partial charge in [0.15, 0.2) is 12.4 Å². The lowest BCUT2D eigenvalue weighted by Gasteiger charge is -2.29. The van der Waals surface area contributed by atoms with Crippen molar-refractivity contribution in [2.45, 2.75) is 45.4 Å². The number of ether oxygens (including phenoxy) is 1. The number of carbonyl (C=O) groups is 1. The molecule has 8 nitrogen and oxygen atoms in total. The summed E-state index contributed by atoms with van der Waals surface area (Å²) in [5.41, 5.74) is 2.81. The number of aromatic nitrogens is 4. The third-order valence-electron chi connectivity index (χ3n) is 5.66. The Hall–Kier alpha value is -3.29. The zero-order chi connectivity index (χ0) is 21.6. The fourth-order valence-corrected chi connectivity index (χ4v) is 4.01. The molecule has 1 aliphatic carbocycles. The lowest BCUT2D eigenvalue weighted by molar-refractivity contribution is -0.123. The summed E-state index contributed by atoms with van der Waals surface area (Å²) in [5, 5.41) is 7.00. The van der Waals surface area contributed by atoms with Gasteiger partial charge in [-0.1, -0.05) is 5.16 Å². The van der Waals surface area contributed by atoms with Crippen LogP contribution in [0.4, 0.5) is 0 Å². The number of hydrogen-bond donors (Lipinski definition) is 1. The summed E-state index contributed by atoms with van der Waals surface area (Å²) >= 11 is 0. The minimum atomic E-state index is -0.111. The minimum absolute atomic E-state index is 0.00120. The van der Waals surface area contributed by atoms with Crippen molar-refractivity contribution in [2.75, 3.05) is 13.2 Å². The van der Waals surface area contributed by atoms with Gasteiger partial charge in [0.05, 0.1) is 23.1 Å². The van der Waals surface area contributed by atoms with Crippen LogP contribution in [0, 0.1) is 19.8 Å². The average molecular weight is 422 g/mol. The van der Waals surface area contributed by atoms with Gasteiger partial charge in [-0.3, -0.25) is 9.78 Å². The van der Waals surface area contributed by atoms with E-state index in [4.69, 9.17) is 14.2 Å². The molecule has 0 atom stereocenters. The molecule has 3 aromatic rings. The Balaban J connectivity index is 1.29. The van der Waals surface area contributed by atoms with E-state index < -0.39 is 0 Å². The van der Waals surface area contributed by atoms with Crippen molar-refractivity contribution >= 4 is 5.91 Å². The van der Waals surface area contributed by atoms with Crippen LogP contribution in [0.25, 0.3) is 11.3 Å². The zero-order valence-electron chi connectivity index (χ0n) is 17.9. The van der Waals surface area contributed by atoms with Crippen LogP contribution >= 0.6 is 0 Å². The lowest BCUT2D eigenvalue weighted by Crippen LogP contribution is -2.34. The molecule has 0 bridgehead atoms. The zero-order valence-corrected chi connectivity index (χ0v) is 17.9. The van der Waals surface area contributed by atoms with Gasteiger partial charge >= 0.3 is 0 Å². The van der Waals surface area contributed by atoms with Crippen molar-refractivity contribution in [2.24, 2.45) is 5.92 Å². The second-order valence-electron chi connectivity index (χ2n) is 8.05. The van der Waals surface area contributed by atoms with Crippen molar-refractivity contribution in [3.8, 4) is 17.1 Å². The van der Waals surface area contributed by atoms with Gasteiger partial charge in [-0.2, -0.15) is 0 Å². The number of rotatable bonds is 7. The quantitative estimate of drug-likeness (QED) is 0.621. The van der Waals surface area contributed by atoms with E-state index >= 15 is 0 Å². The Morgan fingerprint density at radius 1 is 1.23 bits per heavy atom. The molecular formula is C23H27N5O3. The van der Waals surface area contributed by atoms with Crippen LogP contribution in [-0.2, 0) is 4.79 Å². The Morgan fingerprint density at radius 3 is 2.77 bits per heavy atom. The van der Waals surface area contributed by atoms with E-state index in [1.807, 2.05) is 26.1 Å². The van der Waals surface area contributed by atoms with Crippen LogP contribution in [0.15, 0.2) is 41.3 Å². The second-order valence-corrected chi connectivity index (χ2v) is 8.05. The summed E-state index contributed by atoms with van der Waals surface area (Å²) in [6, 6.07) is 5.48. The summed E-state index contributed by atoms with van der Waals surface area (Å²) in [5.74, 6) is 2.77. The molecule has 1 N–H and O–H groups in total. The maximum atomic E-state index is 12.1. The molecule has 0 unspecified atom stereocenters. The lowest BCUT2D eigenvalue weighted by atomic mass is 9.79. The van der Waals surface area contributed by atoms with Gasteiger partial charge in [0.25, 0.3) is 5.91 Å². The van der Waals surface area contributed by atoms with Gasteiger partial charge < -0.3 is 14.6 Å². The van der Waals surface area contributed by atoms with Crippen molar-refractivity contribution in [3.05, 3.63) is 54.0 Å². The molecule has 0 saturated heterocycles. The van der Waals surface area contributed by atoms with Gasteiger partial charge in [-0.15, -0.1) is 0 Å². The average Bonchev–Trinajstić information content (AvgIpc) is 3.23. The molecule has 162 valence electrons. The number of nitrogens with one attached hydrogen (secondary N) is 1. The first-order valence-electron chi connectivity index (χ1n) is 10.6. The number of nitrogens with zero attached hydrogens (tertiary/aromatic N) is 4. The highest BCUT2D eigenvalue weighted by atomic mass is 16.5. The molecule has 0 spiro atoms. The molecule has 1 amide bonds. The minimum Gasteiger partial charge on any atom is -0.482 e. The Bertz CT molecular complexity index is 1010. The maximum Gasteiger partial charge on any atom is 0.257 e. The molecule has 3 heterocycles. The third kappa shape index (κ3) is 5.45. The Kier molecular flexibility index (Phi) is 6.54. The number of amides is 1. The normalized spacial score (nSPS) is 18.5. The number of pyridine rings is 1. The summed E-state index contributed by atoms with van der Waals surface area (Å²) < 4.78 is 10.9. The van der Waals surface area contributed by atoms with E-state index in [1.165, 1.54) is 0 Å². The first kappa shape index (κ1) is 21.0. The second kappa shape index (κ2) is 9.68. The molecule has 0 aromatic carbocycles. The van der Waals surface area contributed by atoms with Crippen LogP contribution in [0.2, 0.25) is 0 Å². The SMILES string of the molecule is Cc1cc(-c2cnc(C)nc2C2CCC(CNC(=O)COc3cccnc3)CC2)on1. The largest absolute Gasteiger partial charge is 0.482 e. The summed E-state index contributed by atoms with van der Waals surface area (Å²) in [4.78, 5) is 25.2. The Labute approximate surface area is 181 Å². The monoisotopic (exact) mass is 421 g/mol. The topological polar surface area (TPSA) is 103 Å². The van der Waals surface area contributed by atoms with Crippen LogP contribution in [-0.4, -0.2) is 39.2 Å². The number of aryl methyl sites for hydroxylation is 2. The van der Waals surface area contributed by atoms with E-state index in [1.54, 1.807) is 24.5 Å². The predicted molar refractivity (Wildman–Crippen MR) is 114 cm³/mol. The van der Waals surface area contributed by atoms with Crippen molar-refractivity contribution in [3.63, 3.8) is 0 Å². The van der Waals surface area contributed by atoms with E-state index in [9.17, 15) is 4.79 Å². The summed E-state index contributed by atoms with van der Waals surface area (Å²) in [7, 11) is 0. The number of carbonyl (C=O) groups excluding carboxylic acids is 1. The molecule has 0 radical (unpaired) electrons. The van der Waals surface area contributed by atoms with Gasteiger partial charge in [-0.25, -0.2) is 9.97 Å².